The summed E-state index contributed by atoms with van der Waals surface area (Å²) in [4.78, 5) is 24.6. The quantitative estimate of drug-likeness (QED) is 0.345. The molecule has 0 amide bonds. The van der Waals surface area contributed by atoms with E-state index in [1.54, 1.807) is 0 Å². The first-order chi connectivity index (χ1) is 17.4. The lowest BCUT2D eigenvalue weighted by molar-refractivity contribution is -0.123. The summed E-state index contributed by atoms with van der Waals surface area (Å²) in [5.74, 6) is 0.713. The van der Waals surface area contributed by atoms with Crippen LogP contribution in [0.4, 0.5) is 0 Å². The van der Waals surface area contributed by atoms with Crippen molar-refractivity contribution in [2.45, 2.75) is 62.7 Å². The van der Waals surface area contributed by atoms with Crippen LogP contribution in [0, 0.1) is 6.92 Å². The van der Waals surface area contributed by atoms with Crippen LogP contribution >= 0.6 is 23.2 Å². The van der Waals surface area contributed by atoms with E-state index in [0.717, 1.165) is 63.1 Å². The van der Waals surface area contributed by atoms with Crippen molar-refractivity contribution in [2.75, 3.05) is 19.6 Å². The minimum Gasteiger partial charge on any atom is -0.303 e. The van der Waals surface area contributed by atoms with E-state index >= 15 is 0 Å². The predicted molar refractivity (Wildman–Crippen MR) is 146 cm³/mol. The predicted octanol–water partition coefficient (Wildman–Crippen LogP) is 7.14. The zero-order chi connectivity index (χ0) is 25.1. The molecule has 188 valence electrons. The second-order valence-corrected chi connectivity index (χ2v) is 11.3. The zero-order valence-corrected chi connectivity index (χ0v) is 22.3. The summed E-state index contributed by atoms with van der Waals surface area (Å²) in [7, 11) is 0. The van der Waals surface area contributed by atoms with Crippen LogP contribution in [0.15, 0.2) is 60.9 Å². The standard InChI is InChI=1S/C30H33Cl2N3O/c1-21-3-2-4-28(34-21)25-20-30(12-7-29(25)36,24-5-6-26(31)27(32)19-24)13-18-35-16-10-23(11-17-35)22-8-14-33-15-9-22/h2-6,8-9,14-15,19,23,25H,7,10-13,16-18,20H2,1H3/t25?,30-/m1/s1. The minimum atomic E-state index is -0.189. The molecule has 0 spiro atoms. The Morgan fingerprint density at radius 2 is 1.81 bits per heavy atom. The van der Waals surface area contributed by atoms with Crippen LogP contribution in [0.2, 0.25) is 10.0 Å². The molecule has 1 saturated carbocycles. The molecule has 0 radical (unpaired) electrons. The molecule has 2 aromatic heterocycles. The molecule has 1 unspecified atom stereocenters. The van der Waals surface area contributed by atoms with Gasteiger partial charge in [0.2, 0.25) is 0 Å². The number of ketones is 1. The second-order valence-electron chi connectivity index (χ2n) is 10.5. The molecule has 1 aliphatic heterocycles. The summed E-state index contributed by atoms with van der Waals surface area (Å²) in [5, 5.41) is 1.14. The molecule has 4 nitrogen and oxygen atoms in total. The van der Waals surface area contributed by atoms with Crippen LogP contribution in [0.3, 0.4) is 0 Å². The Morgan fingerprint density at radius 1 is 1.03 bits per heavy atom. The highest BCUT2D eigenvalue weighted by Crippen LogP contribution is 2.47. The Kier molecular flexibility index (Phi) is 7.76. The number of likely N-dealkylation sites (tertiary alicyclic amines) is 1. The lowest BCUT2D eigenvalue weighted by Gasteiger charge is -2.43. The van der Waals surface area contributed by atoms with Crippen LogP contribution in [-0.4, -0.2) is 40.3 Å². The van der Waals surface area contributed by atoms with Crippen molar-refractivity contribution in [1.82, 2.24) is 14.9 Å². The van der Waals surface area contributed by atoms with Crippen LogP contribution in [0.1, 0.15) is 72.9 Å². The van der Waals surface area contributed by atoms with Crippen LogP contribution in [-0.2, 0) is 10.2 Å². The molecule has 0 bridgehead atoms. The van der Waals surface area contributed by atoms with E-state index < -0.39 is 0 Å². The molecular weight excluding hydrogens is 489 g/mol. The Balaban J connectivity index is 1.36. The molecule has 0 N–H and O–H groups in total. The zero-order valence-electron chi connectivity index (χ0n) is 20.8. The van der Waals surface area contributed by atoms with Gasteiger partial charge in [-0.05, 0) is 118 Å². The number of rotatable bonds is 6. The SMILES string of the molecule is Cc1cccc(C2C[C@@](CCN3CCC(c4ccncc4)CC3)(c3ccc(Cl)c(Cl)c3)CCC2=O)n1. The molecular formula is C30H33Cl2N3O. The number of hydrogen-bond donors (Lipinski definition) is 0. The summed E-state index contributed by atoms with van der Waals surface area (Å²) in [6, 6.07) is 16.3. The largest absolute Gasteiger partial charge is 0.303 e. The summed E-state index contributed by atoms with van der Waals surface area (Å²) in [5.41, 5.74) is 4.29. The van der Waals surface area contributed by atoms with Crippen molar-refractivity contribution in [2.24, 2.45) is 0 Å². The molecule has 5 rings (SSSR count). The molecule has 2 fully saturated rings. The maximum atomic E-state index is 13.1. The van der Waals surface area contributed by atoms with Gasteiger partial charge in [0, 0.05) is 24.5 Å². The highest BCUT2D eigenvalue weighted by atomic mass is 35.5. The van der Waals surface area contributed by atoms with Gasteiger partial charge in [0.15, 0.2) is 0 Å². The Labute approximate surface area is 224 Å². The summed E-state index contributed by atoms with van der Waals surface area (Å²) < 4.78 is 0. The van der Waals surface area contributed by atoms with E-state index in [-0.39, 0.29) is 11.3 Å². The third-order valence-corrected chi connectivity index (χ3v) is 9.04. The van der Waals surface area contributed by atoms with Crippen molar-refractivity contribution >= 4 is 29.0 Å². The average Bonchev–Trinajstić information content (AvgIpc) is 2.91. The number of piperidine rings is 1. The fraction of sp³-hybridized carbons (Fsp3) is 0.433. The summed E-state index contributed by atoms with van der Waals surface area (Å²) >= 11 is 12.8. The van der Waals surface area contributed by atoms with Crippen LogP contribution < -0.4 is 0 Å². The fourth-order valence-electron chi connectivity index (χ4n) is 6.13. The molecule has 6 heteroatoms. The number of carbonyl (C=O) groups is 1. The number of pyridine rings is 2. The Bertz CT molecular complexity index is 1210. The van der Waals surface area contributed by atoms with Crippen molar-refractivity contribution < 1.29 is 4.79 Å². The molecule has 3 heterocycles. The van der Waals surface area contributed by atoms with Gasteiger partial charge in [0.1, 0.15) is 5.78 Å². The van der Waals surface area contributed by atoms with Gasteiger partial charge < -0.3 is 4.90 Å². The number of hydrogen-bond acceptors (Lipinski definition) is 4. The number of benzene rings is 1. The van der Waals surface area contributed by atoms with Gasteiger partial charge in [0.05, 0.1) is 21.7 Å². The highest BCUT2D eigenvalue weighted by Gasteiger charge is 2.43. The average molecular weight is 523 g/mol. The molecule has 3 aromatic rings. The lowest BCUT2D eigenvalue weighted by Crippen LogP contribution is -2.41. The van der Waals surface area contributed by atoms with E-state index in [1.165, 1.54) is 11.1 Å². The van der Waals surface area contributed by atoms with Crippen LogP contribution in [0.25, 0.3) is 0 Å². The number of Topliss-reactive ketones (excluding diaryl/α,β-unsaturated/α-hetero) is 1. The van der Waals surface area contributed by atoms with Gasteiger partial charge >= 0.3 is 0 Å². The van der Waals surface area contributed by atoms with Crippen molar-refractivity contribution in [3.63, 3.8) is 0 Å². The molecule has 36 heavy (non-hydrogen) atoms. The van der Waals surface area contributed by atoms with Crippen molar-refractivity contribution in [3.8, 4) is 0 Å². The summed E-state index contributed by atoms with van der Waals surface area (Å²) in [6.45, 7) is 5.17. The van der Waals surface area contributed by atoms with Gasteiger partial charge in [-0.2, -0.15) is 0 Å². The van der Waals surface area contributed by atoms with E-state index in [0.29, 0.717) is 28.2 Å². The number of aromatic nitrogens is 2. The van der Waals surface area contributed by atoms with E-state index in [4.69, 9.17) is 28.2 Å². The van der Waals surface area contributed by atoms with Gasteiger partial charge in [-0.25, -0.2) is 0 Å². The molecule has 1 aliphatic carbocycles. The number of carbonyl (C=O) groups excluding carboxylic acids is 1. The highest BCUT2D eigenvalue weighted by molar-refractivity contribution is 6.42. The topological polar surface area (TPSA) is 46.1 Å². The molecule has 1 aromatic carbocycles. The van der Waals surface area contributed by atoms with Gasteiger partial charge in [-0.3, -0.25) is 14.8 Å². The third-order valence-electron chi connectivity index (χ3n) is 8.30. The Morgan fingerprint density at radius 3 is 2.53 bits per heavy atom. The van der Waals surface area contributed by atoms with Gasteiger partial charge in [-0.1, -0.05) is 35.3 Å². The second kappa shape index (κ2) is 11.0. The molecule has 2 aliphatic rings. The Hall–Kier alpha value is -2.27. The van der Waals surface area contributed by atoms with E-state index in [9.17, 15) is 4.79 Å². The maximum absolute atomic E-state index is 13.1. The van der Waals surface area contributed by atoms with E-state index in [2.05, 4.69) is 28.1 Å². The van der Waals surface area contributed by atoms with Gasteiger partial charge in [-0.15, -0.1) is 0 Å². The van der Waals surface area contributed by atoms with Crippen LogP contribution in [0.5, 0.6) is 0 Å². The number of halogens is 2. The first-order valence-electron chi connectivity index (χ1n) is 13.0. The minimum absolute atomic E-state index is 0.139. The first kappa shape index (κ1) is 25.4. The molecule has 2 atom stereocenters. The van der Waals surface area contributed by atoms with Crippen molar-refractivity contribution in [1.29, 1.82) is 0 Å². The van der Waals surface area contributed by atoms with Crippen molar-refractivity contribution in [3.05, 3.63) is 93.5 Å². The third kappa shape index (κ3) is 5.51. The maximum Gasteiger partial charge on any atom is 0.141 e. The van der Waals surface area contributed by atoms with Gasteiger partial charge in [0.25, 0.3) is 0 Å². The van der Waals surface area contributed by atoms with E-state index in [1.807, 2.05) is 49.6 Å². The first-order valence-corrected chi connectivity index (χ1v) is 13.7. The molecule has 1 saturated heterocycles. The number of nitrogens with zero attached hydrogens (tertiary/aromatic N) is 3. The lowest BCUT2D eigenvalue weighted by atomic mass is 9.63. The smallest absolute Gasteiger partial charge is 0.141 e. The summed E-state index contributed by atoms with van der Waals surface area (Å²) in [6.07, 6.45) is 9.26. The number of aryl methyl sites for hydroxylation is 1. The fourth-order valence-corrected chi connectivity index (χ4v) is 6.43. The monoisotopic (exact) mass is 521 g/mol. The normalized spacial score (nSPS) is 23.6.